The molecule has 1 aliphatic rings. The van der Waals surface area contributed by atoms with E-state index in [0.29, 0.717) is 19.4 Å². The fourth-order valence-electron chi connectivity index (χ4n) is 1.93. The SMILES string of the molecule is CS(=O)(=O)[C@H]1CC[C@H](COC(N)=O)CC1. The first-order valence-electron chi connectivity index (χ1n) is 5.00. The van der Waals surface area contributed by atoms with Crippen LogP contribution in [-0.4, -0.2) is 32.6 Å². The van der Waals surface area contributed by atoms with Gasteiger partial charge in [-0.2, -0.15) is 0 Å². The molecule has 5 nitrogen and oxygen atoms in total. The molecule has 1 saturated carbocycles. The van der Waals surface area contributed by atoms with Crippen molar-refractivity contribution in [1.82, 2.24) is 0 Å². The van der Waals surface area contributed by atoms with Gasteiger partial charge in [-0.25, -0.2) is 13.2 Å². The number of carbonyl (C=O) groups is 1. The molecule has 0 bridgehead atoms. The van der Waals surface area contributed by atoms with E-state index in [1.807, 2.05) is 0 Å². The summed E-state index contributed by atoms with van der Waals surface area (Å²) in [5.41, 5.74) is 4.85. The number of carbonyl (C=O) groups excluding carboxylic acids is 1. The van der Waals surface area contributed by atoms with E-state index in [1.54, 1.807) is 0 Å². The van der Waals surface area contributed by atoms with Gasteiger partial charge in [-0.3, -0.25) is 0 Å². The lowest BCUT2D eigenvalue weighted by molar-refractivity contribution is 0.125. The van der Waals surface area contributed by atoms with Crippen molar-refractivity contribution in [2.24, 2.45) is 11.7 Å². The highest BCUT2D eigenvalue weighted by Gasteiger charge is 2.28. The van der Waals surface area contributed by atoms with E-state index in [9.17, 15) is 13.2 Å². The fraction of sp³-hybridized carbons (Fsp3) is 0.889. The standard InChI is InChI=1S/C9H17NO4S/c1-15(12,13)8-4-2-7(3-5-8)6-14-9(10)11/h7-8H,2-6H2,1H3,(H2,10,11)/t7-,8-. The Hall–Kier alpha value is -0.780. The Morgan fingerprint density at radius 3 is 2.27 bits per heavy atom. The Kier molecular flexibility index (Phi) is 3.96. The number of nitrogens with two attached hydrogens (primary N) is 1. The van der Waals surface area contributed by atoms with Crippen LogP contribution in [0.3, 0.4) is 0 Å². The zero-order valence-corrected chi connectivity index (χ0v) is 9.63. The highest BCUT2D eigenvalue weighted by Crippen LogP contribution is 2.28. The quantitative estimate of drug-likeness (QED) is 0.779. The van der Waals surface area contributed by atoms with Gasteiger partial charge >= 0.3 is 6.09 Å². The van der Waals surface area contributed by atoms with Crippen LogP contribution in [0.1, 0.15) is 25.7 Å². The topological polar surface area (TPSA) is 86.5 Å². The zero-order valence-electron chi connectivity index (χ0n) is 8.81. The Balaban J connectivity index is 2.33. The molecule has 0 aliphatic heterocycles. The zero-order chi connectivity index (χ0) is 11.5. The average molecular weight is 235 g/mol. The van der Waals surface area contributed by atoms with Crippen LogP contribution in [-0.2, 0) is 14.6 Å². The van der Waals surface area contributed by atoms with Gasteiger partial charge in [-0.05, 0) is 31.6 Å². The molecule has 0 heterocycles. The first-order chi connectivity index (χ1) is 6.89. The third-order valence-electron chi connectivity index (χ3n) is 2.86. The lowest BCUT2D eigenvalue weighted by Crippen LogP contribution is -2.29. The van der Waals surface area contributed by atoms with Crippen molar-refractivity contribution in [2.75, 3.05) is 12.9 Å². The van der Waals surface area contributed by atoms with E-state index in [4.69, 9.17) is 10.5 Å². The van der Waals surface area contributed by atoms with Crippen LogP contribution < -0.4 is 5.73 Å². The Labute approximate surface area is 89.9 Å². The molecule has 0 aromatic carbocycles. The number of rotatable bonds is 3. The van der Waals surface area contributed by atoms with E-state index in [-0.39, 0.29) is 11.2 Å². The molecule has 15 heavy (non-hydrogen) atoms. The van der Waals surface area contributed by atoms with Crippen molar-refractivity contribution in [1.29, 1.82) is 0 Å². The predicted octanol–water partition coefficient (Wildman–Crippen LogP) is 0.685. The first-order valence-corrected chi connectivity index (χ1v) is 6.96. The first kappa shape index (κ1) is 12.3. The Bertz CT molecular complexity index is 317. The van der Waals surface area contributed by atoms with Crippen molar-refractivity contribution in [3.63, 3.8) is 0 Å². The molecule has 1 fully saturated rings. The van der Waals surface area contributed by atoms with Crippen LogP contribution in [0.25, 0.3) is 0 Å². The van der Waals surface area contributed by atoms with Crippen LogP contribution >= 0.6 is 0 Å². The van der Waals surface area contributed by atoms with Crippen molar-refractivity contribution in [3.05, 3.63) is 0 Å². The molecular weight excluding hydrogens is 218 g/mol. The van der Waals surface area contributed by atoms with Crippen LogP contribution in [0.2, 0.25) is 0 Å². The van der Waals surface area contributed by atoms with Gasteiger partial charge in [-0.1, -0.05) is 0 Å². The summed E-state index contributed by atoms with van der Waals surface area (Å²) < 4.78 is 27.2. The minimum atomic E-state index is -2.91. The molecule has 0 saturated heterocycles. The summed E-state index contributed by atoms with van der Waals surface area (Å²) in [6, 6.07) is 0. The molecule has 1 aliphatic carbocycles. The maximum absolute atomic E-state index is 11.3. The maximum Gasteiger partial charge on any atom is 0.404 e. The number of hydrogen-bond acceptors (Lipinski definition) is 4. The molecule has 1 amide bonds. The molecule has 0 radical (unpaired) electrons. The van der Waals surface area contributed by atoms with Crippen LogP contribution in [0.15, 0.2) is 0 Å². The van der Waals surface area contributed by atoms with Gasteiger partial charge in [0.2, 0.25) is 0 Å². The van der Waals surface area contributed by atoms with Gasteiger partial charge in [0.15, 0.2) is 0 Å². The van der Waals surface area contributed by atoms with Gasteiger partial charge in [0.25, 0.3) is 0 Å². The van der Waals surface area contributed by atoms with E-state index in [1.165, 1.54) is 6.26 Å². The molecule has 0 aromatic rings. The molecular formula is C9H17NO4S. The van der Waals surface area contributed by atoms with Crippen LogP contribution in [0.5, 0.6) is 0 Å². The lowest BCUT2D eigenvalue weighted by Gasteiger charge is -2.26. The summed E-state index contributed by atoms with van der Waals surface area (Å²) in [4.78, 5) is 10.4. The summed E-state index contributed by atoms with van der Waals surface area (Å²) in [7, 11) is -2.91. The fourth-order valence-corrected chi connectivity index (χ4v) is 3.06. The minimum Gasteiger partial charge on any atom is -0.449 e. The van der Waals surface area contributed by atoms with Crippen LogP contribution in [0.4, 0.5) is 4.79 Å². The largest absolute Gasteiger partial charge is 0.449 e. The van der Waals surface area contributed by atoms with E-state index < -0.39 is 15.9 Å². The number of ether oxygens (including phenoxy) is 1. The second kappa shape index (κ2) is 4.83. The second-order valence-corrected chi connectivity index (χ2v) is 6.43. The van der Waals surface area contributed by atoms with Crippen molar-refractivity contribution in [2.45, 2.75) is 30.9 Å². The van der Waals surface area contributed by atoms with Crippen LogP contribution in [0, 0.1) is 5.92 Å². The molecule has 2 N–H and O–H groups in total. The molecule has 0 unspecified atom stereocenters. The summed E-state index contributed by atoms with van der Waals surface area (Å²) >= 11 is 0. The molecule has 1 rings (SSSR count). The average Bonchev–Trinajstić information content (AvgIpc) is 2.14. The molecule has 88 valence electrons. The predicted molar refractivity (Wildman–Crippen MR) is 56.1 cm³/mol. The summed E-state index contributed by atoms with van der Waals surface area (Å²) in [5.74, 6) is 0.260. The van der Waals surface area contributed by atoms with Gasteiger partial charge < -0.3 is 10.5 Å². The lowest BCUT2D eigenvalue weighted by atomic mass is 9.89. The van der Waals surface area contributed by atoms with E-state index in [2.05, 4.69) is 0 Å². The highest BCUT2D eigenvalue weighted by atomic mass is 32.2. The van der Waals surface area contributed by atoms with E-state index in [0.717, 1.165) is 12.8 Å². The summed E-state index contributed by atoms with van der Waals surface area (Å²) in [6.45, 7) is 0.311. The summed E-state index contributed by atoms with van der Waals surface area (Å²) in [6.07, 6.45) is 3.39. The highest BCUT2D eigenvalue weighted by molar-refractivity contribution is 7.91. The molecule has 0 atom stereocenters. The van der Waals surface area contributed by atoms with Gasteiger partial charge in [0.1, 0.15) is 9.84 Å². The van der Waals surface area contributed by atoms with Gasteiger partial charge in [0.05, 0.1) is 11.9 Å². The normalized spacial score (nSPS) is 27.3. The number of primary amides is 1. The summed E-state index contributed by atoms with van der Waals surface area (Å²) in [5, 5.41) is -0.220. The van der Waals surface area contributed by atoms with Gasteiger partial charge in [-0.15, -0.1) is 0 Å². The van der Waals surface area contributed by atoms with Gasteiger partial charge in [0, 0.05) is 6.26 Å². The van der Waals surface area contributed by atoms with Crippen molar-refractivity contribution in [3.8, 4) is 0 Å². The minimum absolute atomic E-state index is 0.220. The van der Waals surface area contributed by atoms with E-state index >= 15 is 0 Å². The number of sulfone groups is 1. The van der Waals surface area contributed by atoms with Crippen molar-refractivity contribution < 1.29 is 17.9 Å². The number of hydrogen-bond donors (Lipinski definition) is 1. The third kappa shape index (κ3) is 4.07. The van der Waals surface area contributed by atoms with Crippen molar-refractivity contribution >= 4 is 15.9 Å². The number of amides is 1. The molecule has 0 aromatic heterocycles. The maximum atomic E-state index is 11.3. The molecule has 6 heteroatoms. The second-order valence-electron chi connectivity index (χ2n) is 4.10. The third-order valence-corrected chi connectivity index (χ3v) is 4.54. The smallest absolute Gasteiger partial charge is 0.404 e. The Morgan fingerprint density at radius 2 is 1.87 bits per heavy atom. The Morgan fingerprint density at radius 1 is 1.33 bits per heavy atom. The molecule has 0 spiro atoms. The monoisotopic (exact) mass is 235 g/mol.